The summed E-state index contributed by atoms with van der Waals surface area (Å²) in [6.07, 6.45) is 6.65. The largest absolute Gasteiger partial charge is 0.382 e. The zero-order chi connectivity index (χ0) is 19.1. The van der Waals surface area contributed by atoms with Gasteiger partial charge in [0.25, 0.3) is 0 Å². The number of hydrogen-bond acceptors (Lipinski definition) is 6. The van der Waals surface area contributed by atoms with Crippen LogP contribution in [-0.2, 0) is 0 Å². The number of benzene rings is 1. The highest BCUT2D eigenvalue weighted by Gasteiger charge is 2.25. The standard InChI is InChI=1S/C21H23N7/c1-2-17(28-13-25-18-19(22)23-12-24-21(18)28)15-11-14-7-3-4-8-16(14)26-20(15)27-9-5-6-10-27/h3-4,7-8,11-13,17H,2,5-6,9-10H2,1H3,(H2,22,23,24). The van der Waals surface area contributed by atoms with E-state index in [4.69, 9.17) is 10.7 Å². The second kappa shape index (κ2) is 6.74. The Kier molecular flexibility index (Phi) is 4.07. The molecule has 0 spiro atoms. The van der Waals surface area contributed by atoms with Crippen LogP contribution in [0, 0.1) is 0 Å². The summed E-state index contributed by atoms with van der Waals surface area (Å²) in [5, 5.41) is 1.15. The first-order valence-corrected chi connectivity index (χ1v) is 9.84. The molecule has 7 nitrogen and oxygen atoms in total. The molecule has 3 aromatic heterocycles. The van der Waals surface area contributed by atoms with Crippen LogP contribution in [0.5, 0.6) is 0 Å². The number of nitrogens with two attached hydrogens (primary N) is 1. The monoisotopic (exact) mass is 373 g/mol. The maximum atomic E-state index is 6.01. The first kappa shape index (κ1) is 16.9. The van der Waals surface area contributed by atoms with E-state index >= 15 is 0 Å². The van der Waals surface area contributed by atoms with E-state index in [1.807, 2.05) is 12.4 Å². The molecule has 28 heavy (non-hydrogen) atoms. The summed E-state index contributed by atoms with van der Waals surface area (Å²) >= 11 is 0. The summed E-state index contributed by atoms with van der Waals surface area (Å²) in [5.74, 6) is 1.49. The minimum Gasteiger partial charge on any atom is -0.382 e. The second-order valence-electron chi connectivity index (χ2n) is 7.30. The maximum Gasteiger partial charge on any atom is 0.165 e. The predicted molar refractivity (Wildman–Crippen MR) is 111 cm³/mol. The molecule has 1 aliphatic rings. The van der Waals surface area contributed by atoms with E-state index in [1.165, 1.54) is 24.7 Å². The molecule has 4 aromatic rings. The van der Waals surface area contributed by atoms with E-state index in [9.17, 15) is 0 Å². The molecule has 1 aromatic carbocycles. The Balaban J connectivity index is 1.72. The van der Waals surface area contributed by atoms with Gasteiger partial charge in [-0.2, -0.15) is 0 Å². The molecule has 4 heterocycles. The number of rotatable bonds is 4. The Labute approximate surface area is 163 Å². The van der Waals surface area contributed by atoms with E-state index in [0.29, 0.717) is 11.3 Å². The molecule has 1 unspecified atom stereocenters. The van der Waals surface area contributed by atoms with Gasteiger partial charge in [-0.15, -0.1) is 0 Å². The molecule has 0 radical (unpaired) electrons. The lowest BCUT2D eigenvalue weighted by Crippen LogP contribution is -2.23. The summed E-state index contributed by atoms with van der Waals surface area (Å²) in [7, 11) is 0. The molecular weight excluding hydrogens is 350 g/mol. The van der Waals surface area contributed by atoms with Crippen LogP contribution in [0.25, 0.3) is 22.1 Å². The van der Waals surface area contributed by atoms with Crippen LogP contribution in [0.15, 0.2) is 43.0 Å². The van der Waals surface area contributed by atoms with Crippen LogP contribution >= 0.6 is 0 Å². The highest BCUT2D eigenvalue weighted by Crippen LogP contribution is 2.35. The quantitative estimate of drug-likeness (QED) is 0.589. The van der Waals surface area contributed by atoms with Crippen LogP contribution < -0.4 is 10.6 Å². The molecule has 1 saturated heterocycles. The Morgan fingerprint density at radius 2 is 1.93 bits per heavy atom. The number of fused-ring (bicyclic) bond motifs is 2. The predicted octanol–water partition coefficient (Wildman–Crippen LogP) is 3.56. The highest BCUT2D eigenvalue weighted by molar-refractivity contribution is 5.83. The van der Waals surface area contributed by atoms with Gasteiger partial charge in [0.15, 0.2) is 11.5 Å². The summed E-state index contributed by atoms with van der Waals surface area (Å²) in [5.41, 5.74) is 9.66. The fraction of sp³-hybridized carbons (Fsp3) is 0.333. The van der Waals surface area contributed by atoms with Crippen LogP contribution in [0.2, 0.25) is 0 Å². The van der Waals surface area contributed by atoms with Gasteiger partial charge in [-0.05, 0) is 31.4 Å². The lowest BCUT2D eigenvalue weighted by molar-refractivity contribution is 0.575. The molecule has 1 aliphatic heterocycles. The van der Waals surface area contributed by atoms with Crippen molar-refractivity contribution in [2.45, 2.75) is 32.2 Å². The zero-order valence-electron chi connectivity index (χ0n) is 15.9. The zero-order valence-corrected chi connectivity index (χ0v) is 15.9. The Hall–Kier alpha value is -3.22. The summed E-state index contributed by atoms with van der Waals surface area (Å²) in [4.78, 5) is 20.5. The summed E-state index contributed by atoms with van der Waals surface area (Å²) in [6.45, 7) is 4.28. The first-order chi connectivity index (χ1) is 13.8. The second-order valence-corrected chi connectivity index (χ2v) is 7.30. The average molecular weight is 373 g/mol. The van der Waals surface area contributed by atoms with Gasteiger partial charge in [0.2, 0.25) is 0 Å². The van der Waals surface area contributed by atoms with E-state index in [2.05, 4.69) is 55.6 Å². The van der Waals surface area contributed by atoms with Gasteiger partial charge in [-0.3, -0.25) is 0 Å². The number of pyridine rings is 1. The number of hydrogen-bond donors (Lipinski definition) is 1. The Morgan fingerprint density at radius 1 is 1.11 bits per heavy atom. The van der Waals surface area contributed by atoms with Crippen LogP contribution in [0.4, 0.5) is 11.6 Å². The molecule has 7 heteroatoms. The van der Waals surface area contributed by atoms with Crippen molar-refractivity contribution in [3.63, 3.8) is 0 Å². The number of nitrogens with zero attached hydrogens (tertiary/aromatic N) is 6. The van der Waals surface area contributed by atoms with E-state index in [0.717, 1.165) is 41.9 Å². The third kappa shape index (κ3) is 2.66. The molecule has 5 rings (SSSR count). The van der Waals surface area contributed by atoms with Crippen molar-refractivity contribution in [2.24, 2.45) is 0 Å². The van der Waals surface area contributed by atoms with Gasteiger partial charge < -0.3 is 15.2 Å². The van der Waals surface area contributed by atoms with Crippen LogP contribution in [0.3, 0.4) is 0 Å². The first-order valence-electron chi connectivity index (χ1n) is 9.84. The minimum absolute atomic E-state index is 0.0759. The van der Waals surface area contributed by atoms with Crippen molar-refractivity contribution in [2.75, 3.05) is 23.7 Å². The van der Waals surface area contributed by atoms with Gasteiger partial charge in [-0.25, -0.2) is 19.9 Å². The molecule has 142 valence electrons. The molecule has 2 N–H and O–H groups in total. The van der Waals surface area contributed by atoms with Crippen molar-refractivity contribution < 1.29 is 0 Å². The van der Waals surface area contributed by atoms with Crippen molar-refractivity contribution in [1.82, 2.24) is 24.5 Å². The molecule has 1 atom stereocenters. The lowest BCUT2D eigenvalue weighted by atomic mass is 10.0. The third-order valence-electron chi connectivity index (χ3n) is 5.61. The molecule has 0 amide bonds. The topological polar surface area (TPSA) is 85.8 Å². The molecule has 0 aliphatic carbocycles. The number of nitrogen functional groups attached to an aromatic ring is 1. The average Bonchev–Trinajstić information content (AvgIpc) is 3.39. The van der Waals surface area contributed by atoms with E-state index < -0.39 is 0 Å². The molecule has 1 fully saturated rings. The minimum atomic E-state index is 0.0759. The van der Waals surface area contributed by atoms with Crippen LogP contribution in [-0.4, -0.2) is 37.6 Å². The summed E-state index contributed by atoms with van der Waals surface area (Å²) < 4.78 is 2.11. The molecule has 0 saturated carbocycles. The molecular formula is C21H23N7. The summed E-state index contributed by atoms with van der Waals surface area (Å²) in [6, 6.07) is 10.7. The number of aromatic nitrogens is 5. The highest BCUT2D eigenvalue weighted by atomic mass is 15.2. The van der Waals surface area contributed by atoms with E-state index in [-0.39, 0.29) is 6.04 Å². The fourth-order valence-electron chi connectivity index (χ4n) is 4.21. The smallest absolute Gasteiger partial charge is 0.165 e. The SMILES string of the molecule is CCC(c1cc2ccccc2nc1N1CCCC1)n1cnc2c(N)ncnc21. The van der Waals surface area contributed by atoms with Crippen molar-refractivity contribution >= 4 is 33.7 Å². The number of para-hydroxylation sites is 1. The van der Waals surface area contributed by atoms with Gasteiger partial charge in [0.05, 0.1) is 17.9 Å². The van der Waals surface area contributed by atoms with Crippen molar-refractivity contribution in [3.05, 3.63) is 48.5 Å². The molecule has 0 bridgehead atoms. The van der Waals surface area contributed by atoms with Crippen LogP contribution in [0.1, 0.15) is 37.8 Å². The van der Waals surface area contributed by atoms with Gasteiger partial charge in [-0.1, -0.05) is 25.1 Å². The van der Waals surface area contributed by atoms with Gasteiger partial charge >= 0.3 is 0 Å². The number of anilines is 2. The Bertz CT molecular complexity index is 1140. The van der Waals surface area contributed by atoms with E-state index in [1.54, 1.807) is 0 Å². The Morgan fingerprint density at radius 3 is 2.75 bits per heavy atom. The normalized spacial score (nSPS) is 15.5. The maximum absolute atomic E-state index is 6.01. The van der Waals surface area contributed by atoms with Gasteiger partial charge in [0, 0.05) is 24.0 Å². The van der Waals surface area contributed by atoms with Gasteiger partial charge in [0.1, 0.15) is 17.7 Å². The third-order valence-corrected chi connectivity index (χ3v) is 5.61. The lowest BCUT2D eigenvalue weighted by Gasteiger charge is -2.26. The van der Waals surface area contributed by atoms with Crippen molar-refractivity contribution in [3.8, 4) is 0 Å². The number of imidazole rings is 1. The van der Waals surface area contributed by atoms with Crippen molar-refractivity contribution in [1.29, 1.82) is 0 Å². The fourth-order valence-corrected chi connectivity index (χ4v) is 4.21.